The molecule has 86 valence electrons. The van der Waals surface area contributed by atoms with Gasteiger partial charge < -0.3 is 5.32 Å². The first-order valence-corrected chi connectivity index (χ1v) is 6.03. The predicted octanol–water partition coefficient (Wildman–Crippen LogP) is 2.60. The summed E-state index contributed by atoms with van der Waals surface area (Å²) in [7, 11) is 0. The zero-order chi connectivity index (χ0) is 11.5. The predicted molar refractivity (Wildman–Crippen MR) is 65.8 cm³/mol. The summed E-state index contributed by atoms with van der Waals surface area (Å²) in [5.41, 5.74) is 2.15. The highest BCUT2D eigenvalue weighted by atomic mass is 16.1. The number of hydrogen-bond acceptors (Lipinski definition) is 2. The number of Topliss-reactive ketones (excluding diaryl/α,β-unsaturated/α-hetero) is 1. The van der Waals surface area contributed by atoms with Crippen LogP contribution in [0.4, 0.5) is 0 Å². The van der Waals surface area contributed by atoms with Crippen molar-refractivity contribution in [2.24, 2.45) is 5.92 Å². The van der Waals surface area contributed by atoms with Crippen LogP contribution in [0.15, 0.2) is 24.3 Å². The average Bonchev–Trinajstić information content (AvgIpc) is 2.81. The van der Waals surface area contributed by atoms with Gasteiger partial charge in [0.15, 0.2) is 5.78 Å². The molecule has 1 aliphatic heterocycles. The summed E-state index contributed by atoms with van der Waals surface area (Å²) < 4.78 is 0. The van der Waals surface area contributed by atoms with E-state index in [2.05, 4.69) is 31.3 Å². The minimum Gasteiger partial charge on any atom is -0.316 e. The lowest BCUT2D eigenvalue weighted by atomic mass is 9.94. The summed E-state index contributed by atoms with van der Waals surface area (Å²) in [5, 5.41) is 3.23. The Morgan fingerprint density at radius 3 is 2.50 bits per heavy atom. The highest BCUT2D eigenvalue weighted by Crippen LogP contribution is 2.19. The number of carbonyl (C=O) groups is 1. The molecule has 1 aromatic rings. The van der Waals surface area contributed by atoms with E-state index in [4.69, 9.17) is 0 Å². The van der Waals surface area contributed by atoms with Crippen LogP contribution in [0.1, 0.15) is 42.1 Å². The van der Waals surface area contributed by atoms with Gasteiger partial charge in [-0.15, -0.1) is 0 Å². The zero-order valence-electron chi connectivity index (χ0n) is 9.99. The van der Waals surface area contributed by atoms with E-state index in [0.29, 0.717) is 11.7 Å². The minimum atomic E-state index is 0.185. The molecule has 1 aliphatic rings. The van der Waals surface area contributed by atoms with Gasteiger partial charge in [0, 0.05) is 18.0 Å². The van der Waals surface area contributed by atoms with Gasteiger partial charge in [0.05, 0.1) is 0 Å². The van der Waals surface area contributed by atoms with Gasteiger partial charge in [0.1, 0.15) is 0 Å². The topological polar surface area (TPSA) is 29.1 Å². The third-order valence-corrected chi connectivity index (χ3v) is 3.29. The van der Waals surface area contributed by atoms with Crippen molar-refractivity contribution in [3.8, 4) is 0 Å². The van der Waals surface area contributed by atoms with Gasteiger partial charge in [-0.2, -0.15) is 0 Å². The van der Waals surface area contributed by atoms with Crippen LogP contribution in [0.25, 0.3) is 0 Å². The molecule has 2 nitrogen and oxygen atoms in total. The van der Waals surface area contributed by atoms with Crippen LogP contribution in [0.2, 0.25) is 0 Å². The van der Waals surface area contributed by atoms with Gasteiger partial charge >= 0.3 is 0 Å². The zero-order valence-corrected chi connectivity index (χ0v) is 9.99. The molecule has 1 unspecified atom stereocenters. The van der Waals surface area contributed by atoms with Crippen LogP contribution >= 0.6 is 0 Å². The van der Waals surface area contributed by atoms with E-state index in [-0.39, 0.29) is 5.92 Å². The van der Waals surface area contributed by atoms with E-state index in [0.717, 1.165) is 25.1 Å². The minimum absolute atomic E-state index is 0.185. The van der Waals surface area contributed by atoms with Crippen LogP contribution in [0, 0.1) is 5.92 Å². The SMILES string of the molecule is CC(C)c1ccc(C(=O)C2CCNC2)cc1. The lowest BCUT2D eigenvalue weighted by Gasteiger charge is -2.09. The molecule has 0 radical (unpaired) electrons. The van der Waals surface area contributed by atoms with E-state index in [1.54, 1.807) is 0 Å². The van der Waals surface area contributed by atoms with Crippen LogP contribution in [-0.4, -0.2) is 18.9 Å². The van der Waals surface area contributed by atoms with E-state index < -0.39 is 0 Å². The number of nitrogens with one attached hydrogen (secondary N) is 1. The molecule has 0 aliphatic carbocycles. The molecule has 0 saturated carbocycles. The van der Waals surface area contributed by atoms with Crippen molar-refractivity contribution >= 4 is 5.78 Å². The summed E-state index contributed by atoms with van der Waals surface area (Å²) >= 11 is 0. The van der Waals surface area contributed by atoms with Crippen molar-refractivity contribution in [2.75, 3.05) is 13.1 Å². The summed E-state index contributed by atoms with van der Waals surface area (Å²) in [5.74, 6) is 1.00. The first-order chi connectivity index (χ1) is 7.68. The van der Waals surface area contributed by atoms with Crippen molar-refractivity contribution < 1.29 is 4.79 Å². The fourth-order valence-corrected chi connectivity index (χ4v) is 2.15. The number of ketones is 1. The second kappa shape index (κ2) is 4.79. The quantitative estimate of drug-likeness (QED) is 0.788. The van der Waals surface area contributed by atoms with E-state index in [1.165, 1.54) is 5.56 Å². The van der Waals surface area contributed by atoms with Crippen LogP contribution < -0.4 is 5.32 Å². The lowest BCUT2D eigenvalue weighted by molar-refractivity contribution is 0.0930. The van der Waals surface area contributed by atoms with Crippen LogP contribution in [0.3, 0.4) is 0 Å². The fourth-order valence-electron chi connectivity index (χ4n) is 2.15. The maximum atomic E-state index is 12.1. The normalized spacial score (nSPS) is 20.3. The molecule has 1 saturated heterocycles. The Morgan fingerprint density at radius 2 is 2.00 bits per heavy atom. The Balaban J connectivity index is 2.11. The van der Waals surface area contributed by atoms with Crippen molar-refractivity contribution in [1.82, 2.24) is 5.32 Å². The van der Waals surface area contributed by atoms with E-state index in [1.807, 2.05) is 12.1 Å². The van der Waals surface area contributed by atoms with Gasteiger partial charge in [-0.1, -0.05) is 38.1 Å². The molecule has 0 amide bonds. The number of hydrogen-bond donors (Lipinski definition) is 1. The van der Waals surface area contributed by atoms with Crippen molar-refractivity contribution in [3.05, 3.63) is 35.4 Å². The Morgan fingerprint density at radius 1 is 1.31 bits per heavy atom. The average molecular weight is 217 g/mol. The third-order valence-electron chi connectivity index (χ3n) is 3.29. The molecule has 2 rings (SSSR count). The molecule has 0 aromatic heterocycles. The fraction of sp³-hybridized carbons (Fsp3) is 0.500. The maximum Gasteiger partial charge on any atom is 0.167 e. The molecular formula is C14H19NO. The van der Waals surface area contributed by atoms with E-state index in [9.17, 15) is 4.79 Å². The Bertz CT molecular complexity index is 361. The number of benzene rings is 1. The molecule has 1 heterocycles. The molecular weight excluding hydrogens is 198 g/mol. The van der Waals surface area contributed by atoms with Crippen LogP contribution in [0.5, 0.6) is 0 Å². The Hall–Kier alpha value is -1.15. The molecule has 1 N–H and O–H groups in total. The highest BCUT2D eigenvalue weighted by molar-refractivity contribution is 5.98. The summed E-state index contributed by atoms with van der Waals surface area (Å²) in [6, 6.07) is 8.08. The standard InChI is InChI=1S/C14H19NO/c1-10(2)11-3-5-12(6-4-11)14(16)13-7-8-15-9-13/h3-6,10,13,15H,7-9H2,1-2H3. The Labute approximate surface area is 97.1 Å². The van der Waals surface area contributed by atoms with Gasteiger partial charge in [-0.3, -0.25) is 4.79 Å². The van der Waals surface area contributed by atoms with Gasteiger partial charge in [-0.25, -0.2) is 0 Å². The lowest BCUT2D eigenvalue weighted by Crippen LogP contribution is -2.17. The van der Waals surface area contributed by atoms with Crippen molar-refractivity contribution in [3.63, 3.8) is 0 Å². The van der Waals surface area contributed by atoms with Gasteiger partial charge in [-0.05, 0) is 24.4 Å². The first kappa shape index (κ1) is 11.3. The largest absolute Gasteiger partial charge is 0.316 e. The molecule has 16 heavy (non-hydrogen) atoms. The molecule has 1 atom stereocenters. The molecule has 0 bridgehead atoms. The van der Waals surface area contributed by atoms with Crippen molar-refractivity contribution in [1.29, 1.82) is 0 Å². The molecule has 1 fully saturated rings. The summed E-state index contributed by atoms with van der Waals surface area (Å²) in [4.78, 5) is 12.1. The number of rotatable bonds is 3. The second-order valence-corrected chi connectivity index (χ2v) is 4.83. The first-order valence-electron chi connectivity index (χ1n) is 6.03. The molecule has 0 spiro atoms. The summed E-state index contributed by atoms with van der Waals surface area (Å²) in [6.45, 7) is 6.14. The summed E-state index contributed by atoms with van der Waals surface area (Å²) in [6.07, 6.45) is 0.977. The smallest absolute Gasteiger partial charge is 0.167 e. The van der Waals surface area contributed by atoms with Crippen LogP contribution in [-0.2, 0) is 0 Å². The Kier molecular flexibility index (Phi) is 3.39. The van der Waals surface area contributed by atoms with E-state index >= 15 is 0 Å². The third kappa shape index (κ3) is 2.33. The monoisotopic (exact) mass is 217 g/mol. The highest BCUT2D eigenvalue weighted by Gasteiger charge is 2.23. The molecule has 1 aromatic carbocycles. The second-order valence-electron chi connectivity index (χ2n) is 4.83. The molecule has 2 heteroatoms. The van der Waals surface area contributed by atoms with Crippen molar-refractivity contribution in [2.45, 2.75) is 26.2 Å². The number of carbonyl (C=O) groups excluding carboxylic acids is 1. The van der Waals surface area contributed by atoms with Gasteiger partial charge in [0.2, 0.25) is 0 Å². The maximum absolute atomic E-state index is 12.1. The van der Waals surface area contributed by atoms with Gasteiger partial charge in [0.25, 0.3) is 0 Å².